The van der Waals surface area contributed by atoms with Gasteiger partial charge >= 0.3 is 0 Å². The number of nitrogens with one attached hydrogen (secondary N) is 1. The van der Waals surface area contributed by atoms with Crippen molar-refractivity contribution >= 4 is 39.1 Å². The summed E-state index contributed by atoms with van der Waals surface area (Å²) >= 11 is 1.45. The van der Waals surface area contributed by atoms with Crippen LogP contribution < -0.4 is 10.2 Å². The van der Waals surface area contributed by atoms with Gasteiger partial charge in [0.05, 0.1) is 15.8 Å². The molecule has 6 nitrogen and oxygen atoms in total. The average Bonchev–Trinajstić information content (AvgIpc) is 2.70. The van der Waals surface area contributed by atoms with Gasteiger partial charge in [0.1, 0.15) is 0 Å². The first-order valence-corrected chi connectivity index (χ1v) is 12.0. The van der Waals surface area contributed by atoms with E-state index in [4.69, 9.17) is 0 Å². The predicted octanol–water partition coefficient (Wildman–Crippen LogP) is 3.25. The number of sulfonamides is 1. The van der Waals surface area contributed by atoms with Crippen LogP contribution in [0.1, 0.15) is 18.1 Å². The largest absolute Gasteiger partial charge is 0.369 e. The van der Waals surface area contributed by atoms with E-state index in [1.54, 1.807) is 18.2 Å². The average molecular weight is 432 g/mol. The number of hydrogen-bond donors (Lipinski definition) is 1. The van der Waals surface area contributed by atoms with Crippen molar-refractivity contribution < 1.29 is 13.2 Å². The number of nitrogens with zero attached hydrogens (tertiary/aromatic N) is 2. The molecule has 0 spiro atoms. The van der Waals surface area contributed by atoms with Crippen molar-refractivity contribution in [2.75, 3.05) is 36.4 Å². The summed E-state index contributed by atoms with van der Waals surface area (Å²) in [4.78, 5) is 15.3. The van der Waals surface area contributed by atoms with E-state index in [9.17, 15) is 13.2 Å². The Balaban J connectivity index is 1.52. The van der Waals surface area contributed by atoms with Crippen LogP contribution in [0.25, 0.3) is 0 Å². The van der Waals surface area contributed by atoms with E-state index in [1.165, 1.54) is 32.9 Å². The number of benzene rings is 2. The molecule has 0 radical (unpaired) electrons. The lowest BCUT2D eigenvalue weighted by Gasteiger charge is -2.36. The lowest BCUT2D eigenvalue weighted by Crippen LogP contribution is -2.48. The van der Waals surface area contributed by atoms with Crippen LogP contribution >= 0.6 is 11.8 Å². The molecule has 0 aromatic heterocycles. The van der Waals surface area contributed by atoms with Gasteiger partial charge in [0, 0.05) is 36.8 Å². The second-order valence-corrected chi connectivity index (χ2v) is 10.9. The molecule has 1 unspecified atom stereocenters. The van der Waals surface area contributed by atoms with Crippen LogP contribution in [0.3, 0.4) is 0 Å². The van der Waals surface area contributed by atoms with E-state index in [0.717, 1.165) is 4.90 Å². The Labute approximate surface area is 176 Å². The quantitative estimate of drug-likeness (QED) is 0.808. The van der Waals surface area contributed by atoms with Gasteiger partial charge in [-0.3, -0.25) is 4.79 Å². The minimum atomic E-state index is -3.60. The zero-order chi connectivity index (χ0) is 20.8. The number of rotatable bonds is 3. The summed E-state index contributed by atoms with van der Waals surface area (Å²) in [5.74, 6) is -0.0980. The Bertz CT molecular complexity index is 1060. The molecule has 29 heavy (non-hydrogen) atoms. The summed E-state index contributed by atoms with van der Waals surface area (Å²) in [5.41, 5.74) is 4.14. The fraction of sp³-hybridized carbons (Fsp3) is 0.381. The maximum Gasteiger partial charge on any atom is 0.243 e. The smallest absolute Gasteiger partial charge is 0.243 e. The molecular formula is C21H25N3O3S2. The van der Waals surface area contributed by atoms with Crippen LogP contribution in [0.4, 0.5) is 11.4 Å². The van der Waals surface area contributed by atoms with E-state index in [-0.39, 0.29) is 16.1 Å². The summed E-state index contributed by atoms with van der Waals surface area (Å²) in [5, 5.41) is 2.64. The highest BCUT2D eigenvalue weighted by atomic mass is 32.2. The van der Waals surface area contributed by atoms with Crippen LogP contribution in [-0.2, 0) is 14.8 Å². The molecule has 2 aromatic rings. The monoisotopic (exact) mass is 431 g/mol. The third-order valence-electron chi connectivity index (χ3n) is 5.46. The van der Waals surface area contributed by atoms with Crippen molar-refractivity contribution in [1.82, 2.24) is 4.31 Å². The number of hydrogen-bond acceptors (Lipinski definition) is 5. The van der Waals surface area contributed by atoms with Gasteiger partial charge in [0.25, 0.3) is 0 Å². The minimum Gasteiger partial charge on any atom is -0.369 e. The summed E-state index contributed by atoms with van der Waals surface area (Å²) in [6, 6.07) is 11.4. The first-order valence-electron chi connectivity index (χ1n) is 9.69. The van der Waals surface area contributed by atoms with Gasteiger partial charge in [-0.15, -0.1) is 11.8 Å². The maximum atomic E-state index is 13.2. The Morgan fingerprint density at radius 1 is 1.03 bits per heavy atom. The highest BCUT2D eigenvalue weighted by Crippen LogP contribution is 2.37. The highest BCUT2D eigenvalue weighted by molar-refractivity contribution is 8.01. The second-order valence-electron chi connectivity index (χ2n) is 7.59. The number of aryl methyl sites for hydroxylation is 2. The third-order valence-corrected chi connectivity index (χ3v) is 8.54. The summed E-state index contributed by atoms with van der Waals surface area (Å²) in [7, 11) is -3.60. The first kappa shape index (κ1) is 20.3. The predicted molar refractivity (Wildman–Crippen MR) is 117 cm³/mol. The molecule has 2 aliphatic rings. The van der Waals surface area contributed by atoms with Gasteiger partial charge in [-0.1, -0.05) is 12.1 Å². The second kappa shape index (κ2) is 7.66. The van der Waals surface area contributed by atoms with E-state index in [0.29, 0.717) is 31.9 Å². The standard InChI is InChI=1S/C21H25N3O3S2/c1-14-4-5-15(2)19(12-14)23-8-10-24(11-9-23)29(26,27)17-6-7-20-18(13-17)22-21(25)16(3)28-20/h4-7,12-13,16H,8-11H2,1-3H3,(H,22,25). The zero-order valence-electron chi connectivity index (χ0n) is 16.8. The fourth-order valence-corrected chi connectivity index (χ4v) is 6.11. The SMILES string of the molecule is Cc1ccc(C)c(N2CCN(S(=O)(=O)c3ccc4c(c3)NC(=O)C(C)S4)CC2)c1. The van der Waals surface area contributed by atoms with Crippen molar-refractivity contribution in [2.45, 2.75) is 35.8 Å². The molecular weight excluding hydrogens is 406 g/mol. The van der Waals surface area contributed by atoms with Crippen molar-refractivity contribution in [2.24, 2.45) is 0 Å². The van der Waals surface area contributed by atoms with Gasteiger partial charge in [0.2, 0.25) is 15.9 Å². The zero-order valence-corrected chi connectivity index (χ0v) is 18.4. The minimum absolute atomic E-state index is 0.0980. The van der Waals surface area contributed by atoms with Crippen LogP contribution in [-0.4, -0.2) is 50.1 Å². The summed E-state index contributed by atoms with van der Waals surface area (Å²) in [6.07, 6.45) is 0. The molecule has 8 heteroatoms. The third kappa shape index (κ3) is 3.89. The molecule has 2 heterocycles. The summed E-state index contributed by atoms with van der Waals surface area (Å²) in [6.45, 7) is 8.16. The topological polar surface area (TPSA) is 69.7 Å². The molecule has 0 saturated carbocycles. The number of thioether (sulfide) groups is 1. The van der Waals surface area contributed by atoms with E-state index >= 15 is 0 Å². The Morgan fingerprint density at radius 2 is 1.76 bits per heavy atom. The van der Waals surface area contributed by atoms with Crippen LogP contribution in [0, 0.1) is 13.8 Å². The number of carbonyl (C=O) groups excluding carboxylic acids is 1. The Hall–Kier alpha value is -2.03. The molecule has 1 amide bonds. The molecule has 154 valence electrons. The van der Waals surface area contributed by atoms with E-state index in [2.05, 4.69) is 42.3 Å². The molecule has 1 fully saturated rings. The number of anilines is 2. The first-order chi connectivity index (χ1) is 13.8. The van der Waals surface area contributed by atoms with Crippen molar-refractivity contribution in [1.29, 1.82) is 0 Å². The van der Waals surface area contributed by atoms with E-state index < -0.39 is 10.0 Å². The van der Waals surface area contributed by atoms with E-state index in [1.807, 2.05) is 6.92 Å². The molecule has 0 aliphatic carbocycles. The fourth-order valence-electron chi connectivity index (χ4n) is 3.73. The van der Waals surface area contributed by atoms with Gasteiger partial charge < -0.3 is 10.2 Å². The lowest BCUT2D eigenvalue weighted by molar-refractivity contribution is -0.115. The molecule has 2 aliphatic heterocycles. The van der Waals surface area contributed by atoms with Gasteiger partial charge in [-0.2, -0.15) is 4.31 Å². The Morgan fingerprint density at radius 3 is 2.48 bits per heavy atom. The van der Waals surface area contributed by atoms with Crippen LogP contribution in [0.15, 0.2) is 46.2 Å². The van der Waals surface area contributed by atoms with Crippen LogP contribution in [0.5, 0.6) is 0 Å². The summed E-state index contributed by atoms with van der Waals surface area (Å²) < 4.78 is 27.9. The lowest BCUT2D eigenvalue weighted by atomic mass is 10.1. The van der Waals surface area contributed by atoms with Gasteiger partial charge in [-0.05, 0) is 56.2 Å². The molecule has 2 aromatic carbocycles. The number of fused-ring (bicyclic) bond motifs is 1. The molecule has 1 N–H and O–H groups in total. The normalized spacial score (nSPS) is 20.3. The highest BCUT2D eigenvalue weighted by Gasteiger charge is 2.31. The number of piperazine rings is 1. The molecule has 1 saturated heterocycles. The number of carbonyl (C=O) groups is 1. The van der Waals surface area contributed by atoms with Gasteiger partial charge in [-0.25, -0.2) is 8.42 Å². The van der Waals surface area contributed by atoms with Crippen molar-refractivity contribution in [3.8, 4) is 0 Å². The molecule has 1 atom stereocenters. The van der Waals surface area contributed by atoms with Crippen molar-refractivity contribution in [3.63, 3.8) is 0 Å². The maximum absolute atomic E-state index is 13.2. The number of amides is 1. The van der Waals surface area contributed by atoms with Crippen molar-refractivity contribution in [3.05, 3.63) is 47.5 Å². The van der Waals surface area contributed by atoms with Gasteiger partial charge in [0.15, 0.2) is 0 Å². The Kier molecular flexibility index (Phi) is 5.35. The van der Waals surface area contributed by atoms with Crippen LogP contribution in [0.2, 0.25) is 0 Å². The molecule has 4 rings (SSSR count). The molecule has 0 bridgehead atoms.